The van der Waals surface area contributed by atoms with E-state index in [-0.39, 0.29) is 0 Å². The van der Waals surface area contributed by atoms with Crippen molar-refractivity contribution in [2.45, 2.75) is 58.2 Å². The molecule has 96 valence electrons. The quantitative estimate of drug-likeness (QED) is 0.897. The molecule has 1 aliphatic heterocycles. The number of aromatic nitrogens is 1. The van der Waals surface area contributed by atoms with Gasteiger partial charge in [-0.15, -0.1) is 11.3 Å². The van der Waals surface area contributed by atoms with Crippen LogP contribution < -0.4 is 5.73 Å². The second kappa shape index (κ2) is 6.47. The Morgan fingerprint density at radius 3 is 3.06 bits per heavy atom. The molecule has 1 atom stereocenters. The van der Waals surface area contributed by atoms with Crippen molar-refractivity contribution in [1.29, 1.82) is 0 Å². The van der Waals surface area contributed by atoms with Crippen molar-refractivity contribution < 1.29 is 0 Å². The van der Waals surface area contributed by atoms with Gasteiger partial charge in [-0.3, -0.25) is 4.90 Å². The third kappa shape index (κ3) is 3.50. The lowest BCUT2D eigenvalue weighted by Gasteiger charge is -2.28. The lowest BCUT2D eigenvalue weighted by atomic mass is 10.1. The molecule has 2 rings (SSSR count). The molecule has 1 aromatic heterocycles. The van der Waals surface area contributed by atoms with Crippen LogP contribution in [0, 0.1) is 0 Å². The van der Waals surface area contributed by atoms with E-state index in [1.54, 1.807) is 11.3 Å². The molecule has 1 saturated heterocycles. The monoisotopic (exact) mass is 253 g/mol. The van der Waals surface area contributed by atoms with Crippen LogP contribution in [0.2, 0.25) is 0 Å². The molecule has 0 aromatic carbocycles. The normalized spacial score (nSPS) is 22.6. The average molecular weight is 253 g/mol. The zero-order valence-corrected chi connectivity index (χ0v) is 11.5. The molecular weight excluding hydrogens is 230 g/mol. The van der Waals surface area contributed by atoms with Gasteiger partial charge in [-0.25, -0.2) is 4.98 Å². The molecule has 2 N–H and O–H groups in total. The average Bonchev–Trinajstić information content (AvgIpc) is 2.68. The Morgan fingerprint density at radius 2 is 2.35 bits per heavy atom. The summed E-state index contributed by atoms with van der Waals surface area (Å²) in [7, 11) is 0. The highest BCUT2D eigenvalue weighted by Gasteiger charge is 2.20. The minimum atomic E-state index is 0.571. The van der Waals surface area contributed by atoms with Crippen molar-refractivity contribution in [2.75, 3.05) is 6.54 Å². The lowest BCUT2D eigenvalue weighted by molar-refractivity contribution is 0.184. The fourth-order valence-electron chi connectivity index (χ4n) is 2.63. The standard InChI is InChI=1S/C13H23N3S/c1-2-12-6-4-3-5-7-16(12)9-11-10-17-13(8-14)15-11/h10,12H,2-9,14H2,1H3. The maximum absolute atomic E-state index is 5.61. The van der Waals surface area contributed by atoms with Crippen molar-refractivity contribution in [3.05, 3.63) is 16.1 Å². The molecular formula is C13H23N3S. The van der Waals surface area contributed by atoms with Gasteiger partial charge in [-0.2, -0.15) is 0 Å². The van der Waals surface area contributed by atoms with Gasteiger partial charge in [0.05, 0.1) is 5.69 Å². The van der Waals surface area contributed by atoms with Gasteiger partial charge < -0.3 is 5.73 Å². The van der Waals surface area contributed by atoms with E-state index >= 15 is 0 Å². The van der Waals surface area contributed by atoms with Crippen molar-refractivity contribution in [3.8, 4) is 0 Å². The molecule has 0 amide bonds. The van der Waals surface area contributed by atoms with Gasteiger partial charge in [0.25, 0.3) is 0 Å². The molecule has 0 spiro atoms. The molecule has 0 radical (unpaired) electrons. The van der Waals surface area contributed by atoms with Gasteiger partial charge in [0.15, 0.2) is 0 Å². The summed E-state index contributed by atoms with van der Waals surface area (Å²) in [4.78, 5) is 7.19. The summed E-state index contributed by atoms with van der Waals surface area (Å²) >= 11 is 1.69. The molecule has 0 saturated carbocycles. The van der Waals surface area contributed by atoms with Crippen LogP contribution in [0.15, 0.2) is 5.38 Å². The van der Waals surface area contributed by atoms with Crippen LogP contribution in [-0.2, 0) is 13.1 Å². The lowest BCUT2D eigenvalue weighted by Crippen LogP contribution is -2.33. The van der Waals surface area contributed by atoms with Gasteiger partial charge in [-0.1, -0.05) is 19.8 Å². The molecule has 1 aromatic rings. The first-order valence-electron chi connectivity index (χ1n) is 6.71. The molecule has 0 bridgehead atoms. The number of hydrogen-bond acceptors (Lipinski definition) is 4. The summed E-state index contributed by atoms with van der Waals surface area (Å²) < 4.78 is 0. The van der Waals surface area contributed by atoms with Gasteiger partial charge in [0, 0.05) is 24.5 Å². The van der Waals surface area contributed by atoms with Gasteiger partial charge in [0.1, 0.15) is 5.01 Å². The number of nitrogens with zero attached hydrogens (tertiary/aromatic N) is 2. The summed E-state index contributed by atoms with van der Waals surface area (Å²) in [6.07, 6.45) is 6.72. The van der Waals surface area contributed by atoms with E-state index in [2.05, 4.69) is 22.2 Å². The molecule has 2 heterocycles. The largest absolute Gasteiger partial charge is 0.325 e. The SMILES string of the molecule is CCC1CCCCCN1Cc1csc(CN)n1. The first kappa shape index (κ1) is 13.0. The van der Waals surface area contributed by atoms with E-state index < -0.39 is 0 Å². The molecule has 1 unspecified atom stereocenters. The van der Waals surface area contributed by atoms with E-state index in [0.717, 1.165) is 17.6 Å². The van der Waals surface area contributed by atoms with E-state index in [0.29, 0.717) is 6.54 Å². The Labute approximate surface area is 108 Å². The van der Waals surface area contributed by atoms with E-state index in [9.17, 15) is 0 Å². The maximum atomic E-state index is 5.61. The fourth-order valence-corrected chi connectivity index (χ4v) is 3.30. The maximum Gasteiger partial charge on any atom is 0.106 e. The Morgan fingerprint density at radius 1 is 1.47 bits per heavy atom. The van der Waals surface area contributed by atoms with E-state index in [1.165, 1.54) is 44.3 Å². The highest BCUT2D eigenvalue weighted by atomic mass is 32.1. The first-order valence-corrected chi connectivity index (χ1v) is 7.58. The minimum Gasteiger partial charge on any atom is -0.325 e. The van der Waals surface area contributed by atoms with Gasteiger partial charge >= 0.3 is 0 Å². The second-order valence-electron chi connectivity index (χ2n) is 4.82. The zero-order chi connectivity index (χ0) is 12.1. The van der Waals surface area contributed by atoms with Crippen molar-refractivity contribution in [3.63, 3.8) is 0 Å². The Balaban J connectivity index is 1.99. The molecule has 3 nitrogen and oxygen atoms in total. The van der Waals surface area contributed by atoms with Gasteiger partial charge in [0.2, 0.25) is 0 Å². The van der Waals surface area contributed by atoms with Crippen LogP contribution in [0.3, 0.4) is 0 Å². The van der Waals surface area contributed by atoms with Crippen molar-refractivity contribution in [2.24, 2.45) is 5.73 Å². The molecule has 4 heteroatoms. The summed E-state index contributed by atoms with van der Waals surface area (Å²) in [5, 5.41) is 3.22. The topological polar surface area (TPSA) is 42.1 Å². The van der Waals surface area contributed by atoms with Crippen LogP contribution in [0.4, 0.5) is 0 Å². The van der Waals surface area contributed by atoms with Crippen molar-refractivity contribution in [1.82, 2.24) is 9.88 Å². The first-order chi connectivity index (χ1) is 8.33. The number of nitrogens with two attached hydrogens (primary N) is 1. The highest BCUT2D eigenvalue weighted by molar-refractivity contribution is 7.09. The summed E-state index contributed by atoms with van der Waals surface area (Å²) in [6, 6.07) is 0.750. The zero-order valence-electron chi connectivity index (χ0n) is 10.7. The third-order valence-corrected chi connectivity index (χ3v) is 4.53. The van der Waals surface area contributed by atoms with Crippen LogP contribution in [0.5, 0.6) is 0 Å². The Bertz CT molecular complexity index is 337. The fraction of sp³-hybridized carbons (Fsp3) is 0.769. The molecule has 17 heavy (non-hydrogen) atoms. The Kier molecular flexibility index (Phi) is 4.95. The Hall–Kier alpha value is -0.450. The number of thiazole rings is 1. The third-order valence-electron chi connectivity index (χ3n) is 3.61. The van der Waals surface area contributed by atoms with Crippen LogP contribution in [0.25, 0.3) is 0 Å². The smallest absolute Gasteiger partial charge is 0.106 e. The predicted octanol–water partition coefficient (Wildman–Crippen LogP) is 2.76. The highest BCUT2D eigenvalue weighted by Crippen LogP contribution is 2.21. The van der Waals surface area contributed by atoms with Crippen LogP contribution >= 0.6 is 11.3 Å². The molecule has 1 aliphatic rings. The number of likely N-dealkylation sites (tertiary alicyclic amines) is 1. The molecule has 0 aliphatic carbocycles. The van der Waals surface area contributed by atoms with Crippen molar-refractivity contribution >= 4 is 11.3 Å². The minimum absolute atomic E-state index is 0.571. The number of rotatable bonds is 4. The van der Waals surface area contributed by atoms with Crippen LogP contribution in [-0.4, -0.2) is 22.5 Å². The van der Waals surface area contributed by atoms with E-state index in [4.69, 9.17) is 5.73 Å². The number of hydrogen-bond donors (Lipinski definition) is 1. The molecule has 1 fully saturated rings. The summed E-state index contributed by atoms with van der Waals surface area (Å²) in [5.74, 6) is 0. The second-order valence-corrected chi connectivity index (χ2v) is 5.76. The predicted molar refractivity (Wildman–Crippen MR) is 73.0 cm³/mol. The van der Waals surface area contributed by atoms with Gasteiger partial charge in [-0.05, 0) is 25.8 Å². The summed E-state index contributed by atoms with van der Waals surface area (Å²) in [5.41, 5.74) is 6.81. The van der Waals surface area contributed by atoms with Crippen LogP contribution in [0.1, 0.15) is 49.7 Å². The summed E-state index contributed by atoms with van der Waals surface area (Å²) in [6.45, 7) is 5.11. The van der Waals surface area contributed by atoms with E-state index in [1.807, 2.05) is 0 Å².